The van der Waals surface area contributed by atoms with Crippen LogP contribution in [-0.4, -0.2) is 25.1 Å². The van der Waals surface area contributed by atoms with Crippen LogP contribution in [0.5, 0.6) is 5.75 Å². The van der Waals surface area contributed by atoms with Crippen LogP contribution in [0.15, 0.2) is 24.3 Å². The molecule has 0 aromatic heterocycles. The number of carbonyl (C=O) groups is 1. The van der Waals surface area contributed by atoms with Crippen molar-refractivity contribution in [3.05, 3.63) is 29.8 Å². The van der Waals surface area contributed by atoms with Crippen LogP contribution in [0.3, 0.4) is 0 Å². The van der Waals surface area contributed by atoms with Crippen molar-refractivity contribution in [1.29, 1.82) is 0 Å². The van der Waals surface area contributed by atoms with E-state index in [4.69, 9.17) is 4.74 Å². The highest BCUT2D eigenvalue weighted by molar-refractivity contribution is 5.81. The smallest absolute Gasteiger partial charge is 0.237 e. The third-order valence-electron chi connectivity index (χ3n) is 3.06. The van der Waals surface area contributed by atoms with Gasteiger partial charge >= 0.3 is 0 Å². The van der Waals surface area contributed by atoms with Crippen LogP contribution in [0, 0.1) is 0 Å². The summed E-state index contributed by atoms with van der Waals surface area (Å²) in [7, 11) is 1.65. The molecule has 0 radical (unpaired) electrons. The molecule has 0 spiro atoms. The molecule has 1 aromatic carbocycles. The number of methoxy groups -OCH3 is 1. The number of carbonyl (C=O) groups excluding carboxylic acids is 1. The predicted molar refractivity (Wildman–Crippen MR) is 70.5 cm³/mol. The maximum absolute atomic E-state index is 11.7. The van der Waals surface area contributed by atoms with Crippen molar-refractivity contribution in [2.45, 2.75) is 38.4 Å². The summed E-state index contributed by atoms with van der Waals surface area (Å²) in [5, 5.41) is 6.20. The van der Waals surface area contributed by atoms with Crippen molar-refractivity contribution >= 4 is 5.91 Å². The second-order valence-corrected chi connectivity index (χ2v) is 4.74. The van der Waals surface area contributed by atoms with E-state index in [1.54, 1.807) is 7.11 Å². The largest absolute Gasteiger partial charge is 0.497 e. The van der Waals surface area contributed by atoms with Gasteiger partial charge in [-0.3, -0.25) is 4.79 Å². The molecule has 1 amide bonds. The standard InChI is InChI=1S/C14H20N2O2/c1-10(14(17)16-12-6-7-12)15-9-11-4-3-5-13(8-11)18-2/h3-5,8,10,12,15H,6-7,9H2,1-2H3,(H,16,17). The minimum absolute atomic E-state index is 0.0837. The van der Waals surface area contributed by atoms with Gasteiger partial charge in [0.1, 0.15) is 5.75 Å². The van der Waals surface area contributed by atoms with Crippen molar-refractivity contribution < 1.29 is 9.53 Å². The molecule has 1 aliphatic carbocycles. The number of ether oxygens (including phenoxy) is 1. The lowest BCUT2D eigenvalue weighted by atomic mass is 10.2. The molecule has 1 atom stereocenters. The van der Waals surface area contributed by atoms with Gasteiger partial charge in [0.25, 0.3) is 0 Å². The van der Waals surface area contributed by atoms with Crippen molar-refractivity contribution in [1.82, 2.24) is 10.6 Å². The van der Waals surface area contributed by atoms with Crippen LogP contribution in [0.25, 0.3) is 0 Å². The zero-order chi connectivity index (χ0) is 13.0. The summed E-state index contributed by atoms with van der Waals surface area (Å²) in [4.78, 5) is 11.7. The molecule has 1 saturated carbocycles. The second-order valence-electron chi connectivity index (χ2n) is 4.74. The number of amides is 1. The van der Waals surface area contributed by atoms with Crippen LogP contribution in [0.1, 0.15) is 25.3 Å². The number of hydrogen-bond acceptors (Lipinski definition) is 3. The second kappa shape index (κ2) is 5.87. The van der Waals surface area contributed by atoms with Gasteiger partial charge in [-0.05, 0) is 37.5 Å². The molecule has 0 aliphatic heterocycles. The van der Waals surface area contributed by atoms with Crippen LogP contribution in [0.2, 0.25) is 0 Å². The quantitative estimate of drug-likeness (QED) is 0.801. The number of rotatable bonds is 6. The summed E-state index contributed by atoms with van der Waals surface area (Å²) in [6.45, 7) is 2.55. The summed E-state index contributed by atoms with van der Waals surface area (Å²) in [5.74, 6) is 0.921. The van der Waals surface area contributed by atoms with Crippen molar-refractivity contribution in [2.24, 2.45) is 0 Å². The highest BCUT2D eigenvalue weighted by Crippen LogP contribution is 2.18. The molecular formula is C14H20N2O2. The van der Waals surface area contributed by atoms with Crippen molar-refractivity contribution in [3.63, 3.8) is 0 Å². The Kier molecular flexibility index (Phi) is 4.20. The Bertz CT molecular complexity index is 416. The van der Waals surface area contributed by atoms with Gasteiger partial charge in [0, 0.05) is 12.6 Å². The molecule has 0 heterocycles. The molecule has 1 unspecified atom stereocenters. The number of hydrogen-bond donors (Lipinski definition) is 2. The maximum Gasteiger partial charge on any atom is 0.237 e. The molecule has 18 heavy (non-hydrogen) atoms. The highest BCUT2D eigenvalue weighted by atomic mass is 16.5. The van der Waals surface area contributed by atoms with E-state index in [2.05, 4.69) is 10.6 Å². The summed E-state index contributed by atoms with van der Waals surface area (Å²) < 4.78 is 5.16. The molecule has 98 valence electrons. The summed E-state index contributed by atoms with van der Waals surface area (Å²) in [6, 6.07) is 8.09. The van der Waals surface area contributed by atoms with E-state index < -0.39 is 0 Å². The van der Waals surface area contributed by atoms with E-state index in [-0.39, 0.29) is 11.9 Å². The summed E-state index contributed by atoms with van der Waals surface area (Å²) in [6.07, 6.45) is 2.24. The lowest BCUT2D eigenvalue weighted by molar-refractivity contribution is -0.122. The third kappa shape index (κ3) is 3.74. The Morgan fingerprint density at radius 1 is 1.50 bits per heavy atom. The van der Waals surface area contributed by atoms with Crippen LogP contribution in [-0.2, 0) is 11.3 Å². The Morgan fingerprint density at radius 2 is 2.28 bits per heavy atom. The molecule has 2 rings (SSSR count). The van der Waals surface area contributed by atoms with Gasteiger partial charge in [0.15, 0.2) is 0 Å². The van der Waals surface area contributed by atoms with Crippen LogP contribution in [0.4, 0.5) is 0 Å². The van der Waals surface area contributed by atoms with Crippen molar-refractivity contribution in [3.8, 4) is 5.75 Å². The lowest BCUT2D eigenvalue weighted by Gasteiger charge is -2.14. The van der Waals surface area contributed by atoms with Gasteiger partial charge in [0.2, 0.25) is 5.91 Å². The molecule has 2 N–H and O–H groups in total. The first-order valence-electron chi connectivity index (χ1n) is 6.35. The van der Waals surface area contributed by atoms with Crippen molar-refractivity contribution in [2.75, 3.05) is 7.11 Å². The fraction of sp³-hybridized carbons (Fsp3) is 0.500. The molecule has 1 aliphatic rings. The number of nitrogens with one attached hydrogen (secondary N) is 2. The van der Waals surface area contributed by atoms with Crippen LogP contribution >= 0.6 is 0 Å². The van der Waals surface area contributed by atoms with E-state index in [1.165, 1.54) is 0 Å². The highest BCUT2D eigenvalue weighted by Gasteiger charge is 2.25. The first-order valence-corrected chi connectivity index (χ1v) is 6.35. The minimum atomic E-state index is -0.170. The Labute approximate surface area is 108 Å². The van der Waals surface area contributed by atoms with E-state index in [0.717, 1.165) is 24.2 Å². The fourth-order valence-electron chi connectivity index (χ4n) is 1.70. The molecular weight excluding hydrogens is 228 g/mol. The Hall–Kier alpha value is -1.55. The lowest BCUT2D eigenvalue weighted by Crippen LogP contribution is -2.42. The SMILES string of the molecule is COc1cccc(CNC(C)C(=O)NC2CC2)c1. The third-order valence-corrected chi connectivity index (χ3v) is 3.06. The van der Waals surface area contributed by atoms with Gasteiger partial charge < -0.3 is 15.4 Å². The topological polar surface area (TPSA) is 50.4 Å². The van der Waals surface area contributed by atoms with E-state index in [1.807, 2.05) is 31.2 Å². The molecule has 4 heteroatoms. The predicted octanol–water partition coefficient (Wildman–Crippen LogP) is 1.45. The first kappa shape index (κ1) is 12.9. The average Bonchev–Trinajstić information content (AvgIpc) is 3.20. The van der Waals surface area contributed by atoms with E-state index >= 15 is 0 Å². The van der Waals surface area contributed by atoms with Gasteiger partial charge in [-0.15, -0.1) is 0 Å². The normalized spacial score (nSPS) is 16.1. The Morgan fingerprint density at radius 3 is 2.94 bits per heavy atom. The molecule has 4 nitrogen and oxygen atoms in total. The summed E-state index contributed by atoms with van der Waals surface area (Å²) in [5.41, 5.74) is 1.11. The van der Waals surface area contributed by atoms with Gasteiger partial charge in [-0.25, -0.2) is 0 Å². The molecule has 1 fully saturated rings. The van der Waals surface area contributed by atoms with Gasteiger partial charge in [-0.2, -0.15) is 0 Å². The average molecular weight is 248 g/mol. The molecule has 0 bridgehead atoms. The van der Waals surface area contributed by atoms with Gasteiger partial charge in [0.05, 0.1) is 13.2 Å². The number of benzene rings is 1. The van der Waals surface area contributed by atoms with Gasteiger partial charge in [-0.1, -0.05) is 12.1 Å². The zero-order valence-corrected chi connectivity index (χ0v) is 10.9. The minimum Gasteiger partial charge on any atom is -0.497 e. The maximum atomic E-state index is 11.7. The first-order chi connectivity index (χ1) is 8.69. The Balaban J connectivity index is 1.80. The molecule has 0 saturated heterocycles. The zero-order valence-electron chi connectivity index (χ0n) is 10.9. The monoisotopic (exact) mass is 248 g/mol. The van der Waals surface area contributed by atoms with E-state index in [9.17, 15) is 4.79 Å². The van der Waals surface area contributed by atoms with Crippen LogP contribution < -0.4 is 15.4 Å². The fourth-order valence-corrected chi connectivity index (χ4v) is 1.70. The summed E-state index contributed by atoms with van der Waals surface area (Å²) >= 11 is 0. The molecule has 1 aromatic rings. The van der Waals surface area contributed by atoms with E-state index in [0.29, 0.717) is 12.6 Å².